The minimum absolute atomic E-state index is 0.208. The molecular formula is C17H15FN4O2. The molecule has 0 aliphatic rings. The van der Waals surface area contributed by atoms with Crippen molar-refractivity contribution in [1.29, 1.82) is 0 Å². The number of carbonyl (C=O) groups excluding carboxylic acids is 1. The van der Waals surface area contributed by atoms with E-state index in [0.717, 1.165) is 5.56 Å². The summed E-state index contributed by atoms with van der Waals surface area (Å²) >= 11 is 0. The summed E-state index contributed by atoms with van der Waals surface area (Å²) in [7, 11) is 1.53. The van der Waals surface area contributed by atoms with E-state index in [1.54, 1.807) is 42.7 Å². The number of ether oxygens (including phenoxy) is 1. The molecule has 0 spiro atoms. The van der Waals surface area contributed by atoms with Gasteiger partial charge in [0.2, 0.25) is 5.88 Å². The third-order valence-corrected chi connectivity index (χ3v) is 3.38. The van der Waals surface area contributed by atoms with Crippen LogP contribution in [-0.2, 0) is 6.54 Å². The quantitative estimate of drug-likeness (QED) is 0.781. The zero-order valence-corrected chi connectivity index (χ0v) is 12.9. The molecule has 1 aromatic carbocycles. The van der Waals surface area contributed by atoms with Crippen molar-refractivity contribution >= 4 is 5.91 Å². The number of methoxy groups -OCH3 is 1. The normalized spacial score (nSPS) is 10.4. The Morgan fingerprint density at radius 1 is 1.29 bits per heavy atom. The molecule has 24 heavy (non-hydrogen) atoms. The van der Waals surface area contributed by atoms with E-state index in [1.807, 2.05) is 0 Å². The molecule has 122 valence electrons. The number of pyridine rings is 1. The average molecular weight is 326 g/mol. The van der Waals surface area contributed by atoms with Gasteiger partial charge in [-0.15, -0.1) is 0 Å². The molecular weight excluding hydrogens is 311 g/mol. The summed E-state index contributed by atoms with van der Waals surface area (Å²) < 4.78 is 20.1. The zero-order chi connectivity index (χ0) is 16.9. The second kappa shape index (κ2) is 6.91. The molecule has 0 aliphatic carbocycles. The van der Waals surface area contributed by atoms with E-state index in [-0.39, 0.29) is 17.3 Å². The molecule has 1 amide bonds. The molecule has 2 heterocycles. The van der Waals surface area contributed by atoms with Crippen LogP contribution in [-0.4, -0.2) is 27.8 Å². The van der Waals surface area contributed by atoms with Crippen LogP contribution in [0.15, 0.2) is 54.9 Å². The van der Waals surface area contributed by atoms with Crippen molar-refractivity contribution in [3.05, 3.63) is 71.9 Å². The molecule has 0 bridgehead atoms. The van der Waals surface area contributed by atoms with Gasteiger partial charge in [-0.3, -0.25) is 4.79 Å². The standard InChI is InChI=1S/C17H15FN4O2/c1-24-16-10-12(6-8-19-16)11-20-17(23)14-7-9-22(21-14)15-5-3-2-4-13(15)18/h2-10H,11H2,1H3,(H,20,23). The molecule has 0 fully saturated rings. The Morgan fingerprint density at radius 2 is 2.12 bits per heavy atom. The van der Waals surface area contributed by atoms with Crippen LogP contribution in [0.25, 0.3) is 5.69 Å². The Labute approximate surface area is 137 Å². The molecule has 0 atom stereocenters. The number of carbonyl (C=O) groups is 1. The lowest BCUT2D eigenvalue weighted by molar-refractivity contribution is 0.0945. The van der Waals surface area contributed by atoms with E-state index >= 15 is 0 Å². The Balaban J connectivity index is 1.69. The second-order valence-corrected chi connectivity index (χ2v) is 4.99. The van der Waals surface area contributed by atoms with Crippen molar-refractivity contribution in [2.45, 2.75) is 6.54 Å². The number of benzene rings is 1. The second-order valence-electron chi connectivity index (χ2n) is 4.99. The summed E-state index contributed by atoms with van der Waals surface area (Å²) in [5, 5.41) is 6.87. The first-order chi connectivity index (χ1) is 11.7. The minimum Gasteiger partial charge on any atom is -0.481 e. The largest absolute Gasteiger partial charge is 0.481 e. The monoisotopic (exact) mass is 326 g/mol. The highest BCUT2D eigenvalue weighted by atomic mass is 19.1. The van der Waals surface area contributed by atoms with Crippen LogP contribution in [0, 0.1) is 5.82 Å². The van der Waals surface area contributed by atoms with Gasteiger partial charge in [0, 0.05) is 25.0 Å². The predicted octanol–water partition coefficient (Wildman–Crippen LogP) is 2.35. The Hall–Kier alpha value is -3.22. The van der Waals surface area contributed by atoms with Crippen molar-refractivity contribution < 1.29 is 13.9 Å². The third-order valence-electron chi connectivity index (χ3n) is 3.38. The zero-order valence-electron chi connectivity index (χ0n) is 12.9. The van der Waals surface area contributed by atoms with Gasteiger partial charge in [0.25, 0.3) is 5.91 Å². The molecule has 3 aromatic rings. The molecule has 1 N–H and O–H groups in total. The van der Waals surface area contributed by atoms with Crippen LogP contribution in [0.2, 0.25) is 0 Å². The summed E-state index contributed by atoms with van der Waals surface area (Å²) in [5.41, 5.74) is 1.35. The van der Waals surface area contributed by atoms with E-state index in [0.29, 0.717) is 12.4 Å². The summed E-state index contributed by atoms with van der Waals surface area (Å²) in [6.45, 7) is 0.310. The number of halogens is 1. The number of hydrogen-bond donors (Lipinski definition) is 1. The van der Waals surface area contributed by atoms with E-state index in [4.69, 9.17) is 4.74 Å². The number of para-hydroxylation sites is 1. The number of aromatic nitrogens is 3. The maximum atomic E-state index is 13.7. The van der Waals surface area contributed by atoms with Gasteiger partial charge in [-0.1, -0.05) is 12.1 Å². The Morgan fingerprint density at radius 3 is 2.92 bits per heavy atom. The molecule has 0 saturated heterocycles. The summed E-state index contributed by atoms with van der Waals surface area (Å²) in [6, 6.07) is 11.3. The molecule has 0 saturated carbocycles. The predicted molar refractivity (Wildman–Crippen MR) is 85.5 cm³/mol. The first-order valence-electron chi connectivity index (χ1n) is 7.25. The van der Waals surface area contributed by atoms with Gasteiger partial charge in [0.15, 0.2) is 5.69 Å². The van der Waals surface area contributed by atoms with Crippen molar-refractivity contribution in [2.75, 3.05) is 7.11 Å². The fraction of sp³-hybridized carbons (Fsp3) is 0.118. The number of rotatable bonds is 5. The van der Waals surface area contributed by atoms with Crippen LogP contribution in [0.3, 0.4) is 0 Å². The van der Waals surface area contributed by atoms with Crippen molar-refractivity contribution in [2.24, 2.45) is 0 Å². The molecule has 0 aliphatic heterocycles. The van der Waals surface area contributed by atoms with E-state index in [1.165, 1.54) is 23.9 Å². The van der Waals surface area contributed by atoms with E-state index < -0.39 is 5.82 Å². The number of nitrogens with one attached hydrogen (secondary N) is 1. The average Bonchev–Trinajstić information content (AvgIpc) is 3.10. The SMILES string of the molecule is COc1cc(CNC(=O)c2ccn(-c3ccccc3F)n2)ccn1. The summed E-state index contributed by atoms with van der Waals surface area (Å²) in [6.07, 6.45) is 3.15. The van der Waals surface area contributed by atoms with Crippen LogP contribution in [0.4, 0.5) is 4.39 Å². The summed E-state index contributed by atoms with van der Waals surface area (Å²) in [4.78, 5) is 16.2. The van der Waals surface area contributed by atoms with Gasteiger partial charge in [-0.25, -0.2) is 14.1 Å². The molecule has 2 aromatic heterocycles. The van der Waals surface area contributed by atoms with Crippen LogP contribution < -0.4 is 10.1 Å². The lowest BCUT2D eigenvalue weighted by Gasteiger charge is -2.05. The lowest BCUT2D eigenvalue weighted by Crippen LogP contribution is -2.23. The van der Waals surface area contributed by atoms with Gasteiger partial charge in [0.05, 0.1) is 7.11 Å². The highest BCUT2D eigenvalue weighted by Gasteiger charge is 2.11. The molecule has 6 nitrogen and oxygen atoms in total. The summed E-state index contributed by atoms with van der Waals surface area (Å²) in [5.74, 6) is -0.275. The molecule has 0 radical (unpaired) electrons. The first-order valence-corrected chi connectivity index (χ1v) is 7.25. The molecule has 0 unspecified atom stereocenters. The van der Waals surface area contributed by atoms with Crippen molar-refractivity contribution in [1.82, 2.24) is 20.1 Å². The maximum Gasteiger partial charge on any atom is 0.272 e. The Bertz CT molecular complexity index is 863. The maximum absolute atomic E-state index is 13.7. The third kappa shape index (κ3) is 3.40. The number of nitrogens with zero attached hydrogens (tertiary/aromatic N) is 3. The van der Waals surface area contributed by atoms with Gasteiger partial charge in [0.1, 0.15) is 11.5 Å². The smallest absolute Gasteiger partial charge is 0.272 e. The lowest BCUT2D eigenvalue weighted by atomic mass is 10.2. The van der Waals surface area contributed by atoms with Crippen LogP contribution >= 0.6 is 0 Å². The fourth-order valence-corrected chi connectivity index (χ4v) is 2.16. The topological polar surface area (TPSA) is 69.0 Å². The van der Waals surface area contributed by atoms with Crippen LogP contribution in [0.5, 0.6) is 5.88 Å². The van der Waals surface area contributed by atoms with Gasteiger partial charge in [-0.05, 0) is 29.8 Å². The van der Waals surface area contributed by atoms with Gasteiger partial charge >= 0.3 is 0 Å². The first kappa shape index (κ1) is 15.7. The van der Waals surface area contributed by atoms with E-state index in [2.05, 4.69) is 15.4 Å². The molecule has 7 heteroatoms. The van der Waals surface area contributed by atoms with E-state index in [9.17, 15) is 9.18 Å². The Kier molecular flexibility index (Phi) is 4.51. The van der Waals surface area contributed by atoms with Crippen LogP contribution in [0.1, 0.15) is 16.1 Å². The highest BCUT2D eigenvalue weighted by Crippen LogP contribution is 2.12. The minimum atomic E-state index is -0.406. The van der Waals surface area contributed by atoms with Gasteiger partial charge < -0.3 is 10.1 Å². The number of amides is 1. The van der Waals surface area contributed by atoms with Crippen molar-refractivity contribution in [3.8, 4) is 11.6 Å². The number of hydrogen-bond acceptors (Lipinski definition) is 4. The van der Waals surface area contributed by atoms with Gasteiger partial charge in [-0.2, -0.15) is 5.10 Å². The fourth-order valence-electron chi connectivity index (χ4n) is 2.16. The molecule has 3 rings (SSSR count). The van der Waals surface area contributed by atoms with Crippen molar-refractivity contribution in [3.63, 3.8) is 0 Å². The highest BCUT2D eigenvalue weighted by molar-refractivity contribution is 5.92.